The maximum absolute atomic E-state index is 13.8. The van der Waals surface area contributed by atoms with E-state index in [2.05, 4.69) is 0 Å². The minimum absolute atomic E-state index is 0.00478. The van der Waals surface area contributed by atoms with Gasteiger partial charge in [-0.3, -0.25) is 24.0 Å². The molecule has 0 saturated carbocycles. The predicted octanol–water partition coefficient (Wildman–Crippen LogP) is 5.38. The molecule has 0 aromatic heterocycles. The Kier molecular flexibility index (Phi) is 12.4. The molecule has 0 unspecified atom stereocenters. The normalized spacial score (nSPS) is 23.2. The molecule has 2 heterocycles. The first-order valence-corrected chi connectivity index (χ1v) is 17.1. The fourth-order valence-electron chi connectivity index (χ4n) is 7.05. The number of ether oxygens (including phenoxy) is 4. The van der Waals surface area contributed by atoms with Gasteiger partial charge < -0.3 is 29.0 Å². The molecule has 13 heteroatoms. The van der Waals surface area contributed by atoms with Crippen LogP contribution in [0.15, 0.2) is 72.8 Å². The maximum Gasteiger partial charge on any atom is 0.307 e. The largest absolute Gasteiger partial charge is 0.481 e. The second-order valence-corrected chi connectivity index (χ2v) is 13.1. The third-order valence-electron chi connectivity index (χ3n) is 9.49. The zero-order chi connectivity index (χ0) is 37.5. The third-order valence-corrected chi connectivity index (χ3v) is 9.49. The molecule has 11 nitrogen and oxygen atoms in total. The SMILES string of the molecule is CC(=O)OC[C@H]1OC[C@H]([C@@H](Cc2ccc([C@@H]3[C@@H](CCCc4ccc(F)cc4)C(=O)N3c3ccc(F)cc3)cc2)C(=O)O)[C@@H](OC(C)=O)[C@H]1OC(C)=O. The molecule has 2 fully saturated rings. The van der Waals surface area contributed by atoms with E-state index in [0.717, 1.165) is 25.0 Å². The van der Waals surface area contributed by atoms with E-state index in [4.69, 9.17) is 18.9 Å². The summed E-state index contributed by atoms with van der Waals surface area (Å²) in [6.45, 7) is 3.01. The third kappa shape index (κ3) is 9.19. The van der Waals surface area contributed by atoms with Crippen molar-refractivity contribution < 1.29 is 56.8 Å². The van der Waals surface area contributed by atoms with E-state index in [1.807, 2.05) is 12.1 Å². The molecule has 7 atom stereocenters. The van der Waals surface area contributed by atoms with Crippen molar-refractivity contribution in [1.29, 1.82) is 0 Å². The topological polar surface area (TPSA) is 146 Å². The summed E-state index contributed by atoms with van der Waals surface area (Å²) in [6.07, 6.45) is -1.56. The van der Waals surface area contributed by atoms with Crippen LogP contribution in [0.1, 0.15) is 56.3 Å². The zero-order valence-electron chi connectivity index (χ0n) is 29.0. The Hall–Kier alpha value is -5.17. The second kappa shape index (κ2) is 16.9. The van der Waals surface area contributed by atoms with Gasteiger partial charge in [0.15, 0.2) is 6.10 Å². The van der Waals surface area contributed by atoms with Gasteiger partial charge in [0.2, 0.25) is 5.91 Å². The van der Waals surface area contributed by atoms with E-state index >= 15 is 0 Å². The van der Waals surface area contributed by atoms with E-state index in [-0.39, 0.29) is 43.3 Å². The molecule has 5 rings (SSSR count). The maximum atomic E-state index is 13.8. The molecular formula is C39H41F2NO10. The summed E-state index contributed by atoms with van der Waals surface area (Å²) in [7, 11) is 0. The van der Waals surface area contributed by atoms with Crippen LogP contribution in [-0.2, 0) is 55.8 Å². The Morgan fingerprint density at radius 3 is 1.98 bits per heavy atom. The quantitative estimate of drug-likeness (QED) is 0.131. The monoisotopic (exact) mass is 721 g/mol. The number of benzene rings is 3. The van der Waals surface area contributed by atoms with Gasteiger partial charge in [-0.05, 0) is 78.8 Å². The van der Waals surface area contributed by atoms with E-state index in [1.165, 1.54) is 31.2 Å². The average molecular weight is 722 g/mol. The molecule has 2 saturated heterocycles. The van der Waals surface area contributed by atoms with E-state index < -0.39 is 59.8 Å². The molecule has 1 amide bonds. The number of esters is 3. The van der Waals surface area contributed by atoms with Crippen LogP contribution in [0.2, 0.25) is 0 Å². The van der Waals surface area contributed by atoms with Gasteiger partial charge in [-0.2, -0.15) is 0 Å². The average Bonchev–Trinajstić information content (AvgIpc) is 3.09. The number of aliphatic carboxylic acids is 1. The lowest BCUT2D eigenvalue weighted by atomic mass is 9.77. The number of nitrogens with zero attached hydrogens (tertiary/aromatic N) is 1. The number of carboxylic acids is 1. The Balaban J connectivity index is 1.36. The summed E-state index contributed by atoms with van der Waals surface area (Å²) in [5, 5.41) is 10.4. The summed E-state index contributed by atoms with van der Waals surface area (Å²) in [4.78, 5) is 63.6. The van der Waals surface area contributed by atoms with Crippen molar-refractivity contribution in [2.45, 2.75) is 70.8 Å². The van der Waals surface area contributed by atoms with Gasteiger partial charge >= 0.3 is 23.9 Å². The van der Waals surface area contributed by atoms with Gasteiger partial charge in [-0.25, -0.2) is 8.78 Å². The highest BCUT2D eigenvalue weighted by atomic mass is 19.1. The number of anilines is 1. The number of halogens is 2. The van der Waals surface area contributed by atoms with Crippen LogP contribution >= 0.6 is 0 Å². The standard InChI is InChI=1S/C39H41F2NO10/c1-22(43)49-21-34-37(52-24(3)45)36(51-23(2)44)33(20-50-34)32(39(47)48)19-26-7-11-27(12-8-26)35-31(6-4-5-25-9-13-28(40)14-10-25)38(46)42(35)30-17-15-29(41)16-18-30/h7-18,31-37H,4-6,19-21H2,1-3H3,(H,47,48)/t31-,32-,33-,34-,35-,36-,37+/m1/s1. The van der Waals surface area contributed by atoms with Gasteiger partial charge in [0.25, 0.3) is 0 Å². The lowest BCUT2D eigenvalue weighted by Gasteiger charge is -2.48. The summed E-state index contributed by atoms with van der Waals surface area (Å²) >= 11 is 0. The van der Waals surface area contributed by atoms with Crippen molar-refractivity contribution in [1.82, 2.24) is 0 Å². The van der Waals surface area contributed by atoms with Crippen LogP contribution in [0.5, 0.6) is 0 Å². The molecule has 0 aliphatic carbocycles. The predicted molar refractivity (Wildman–Crippen MR) is 182 cm³/mol. The highest BCUT2D eigenvalue weighted by Gasteiger charge is 2.50. The number of carbonyl (C=O) groups is 5. The Morgan fingerprint density at radius 1 is 0.827 bits per heavy atom. The number of carbonyl (C=O) groups excluding carboxylic acids is 4. The summed E-state index contributed by atoms with van der Waals surface area (Å²) in [5.41, 5.74) is 2.93. The van der Waals surface area contributed by atoms with E-state index in [0.29, 0.717) is 30.5 Å². The van der Waals surface area contributed by atoms with Crippen molar-refractivity contribution in [2.24, 2.45) is 17.8 Å². The highest BCUT2D eigenvalue weighted by molar-refractivity contribution is 6.03. The van der Waals surface area contributed by atoms with Crippen molar-refractivity contribution in [3.63, 3.8) is 0 Å². The molecule has 0 spiro atoms. The second-order valence-electron chi connectivity index (χ2n) is 13.1. The fourth-order valence-corrected chi connectivity index (χ4v) is 7.05. The molecule has 0 radical (unpaired) electrons. The molecule has 2 aliphatic heterocycles. The first-order chi connectivity index (χ1) is 24.8. The van der Waals surface area contributed by atoms with Gasteiger partial charge in [0.05, 0.1) is 24.5 Å². The van der Waals surface area contributed by atoms with Gasteiger partial charge in [-0.15, -0.1) is 0 Å². The van der Waals surface area contributed by atoms with Crippen LogP contribution in [0, 0.1) is 29.4 Å². The van der Waals surface area contributed by atoms with Gasteiger partial charge in [0.1, 0.15) is 30.4 Å². The molecule has 3 aromatic rings. The zero-order valence-corrected chi connectivity index (χ0v) is 29.0. The highest BCUT2D eigenvalue weighted by Crippen LogP contribution is 2.46. The minimum Gasteiger partial charge on any atom is -0.481 e. The van der Waals surface area contributed by atoms with E-state index in [1.54, 1.807) is 41.3 Å². The first-order valence-electron chi connectivity index (χ1n) is 17.1. The lowest BCUT2D eigenvalue weighted by molar-refractivity contribution is -0.220. The number of hydrogen-bond acceptors (Lipinski definition) is 9. The Bertz CT molecular complexity index is 1750. The smallest absolute Gasteiger partial charge is 0.307 e. The van der Waals surface area contributed by atoms with Crippen LogP contribution < -0.4 is 4.90 Å². The number of rotatable bonds is 14. The number of hydrogen-bond donors (Lipinski definition) is 1. The lowest BCUT2D eigenvalue weighted by Crippen LogP contribution is -2.58. The van der Waals surface area contributed by atoms with Gasteiger partial charge in [-0.1, -0.05) is 36.4 Å². The molecule has 0 bridgehead atoms. The van der Waals surface area contributed by atoms with Crippen molar-refractivity contribution in [3.05, 3.63) is 101 Å². The number of aryl methyl sites for hydroxylation is 1. The minimum atomic E-state index is -1.24. The van der Waals surface area contributed by atoms with Crippen molar-refractivity contribution in [2.75, 3.05) is 18.1 Å². The van der Waals surface area contributed by atoms with Crippen LogP contribution in [-0.4, -0.2) is 66.4 Å². The van der Waals surface area contributed by atoms with Crippen molar-refractivity contribution in [3.8, 4) is 0 Å². The van der Waals surface area contributed by atoms with Crippen molar-refractivity contribution >= 4 is 35.5 Å². The Morgan fingerprint density at radius 2 is 1.40 bits per heavy atom. The summed E-state index contributed by atoms with van der Waals surface area (Å²) < 4.78 is 49.1. The van der Waals surface area contributed by atoms with Crippen LogP contribution in [0.3, 0.4) is 0 Å². The first kappa shape index (κ1) is 38.1. The molecule has 52 heavy (non-hydrogen) atoms. The van der Waals surface area contributed by atoms with Crippen LogP contribution in [0.4, 0.5) is 14.5 Å². The molecular weight excluding hydrogens is 680 g/mol. The van der Waals surface area contributed by atoms with Crippen LogP contribution in [0.25, 0.3) is 0 Å². The van der Waals surface area contributed by atoms with Gasteiger partial charge in [0, 0.05) is 32.4 Å². The fraction of sp³-hybridized carbons (Fsp3) is 0.410. The molecule has 2 aliphatic rings. The molecule has 1 N–H and O–H groups in total. The molecule has 276 valence electrons. The number of carboxylic acid groups (broad SMARTS) is 1. The summed E-state index contributed by atoms with van der Waals surface area (Å²) in [5.74, 6) is -6.56. The Labute approximate surface area is 299 Å². The summed E-state index contributed by atoms with van der Waals surface area (Å²) in [6, 6.07) is 18.7. The van der Waals surface area contributed by atoms with E-state index in [9.17, 15) is 37.9 Å². The number of β-lactam (4-membered cyclic amide) rings is 1. The molecule has 3 aromatic carbocycles. The number of amides is 1.